The van der Waals surface area contributed by atoms with Gasteiger partial charge in [0.25, 0.3) is 0 Å². The van der Waals surface area contributed by atoms with Crippen molar-refractivity contribution in [1.82, 2.24) is 4.90 Å². The zero-order chi connectivity index (χ0) is 23.2. The Bertz CT molecular complexity index is 903. The topological polar surface area (TPSA) is 67.6 Å². The Hall–Kier alpha value is -3.16. The fourth-order valence-corrected chi connectivity index (χ4v) is 3.14. The standard InChI is InChI=1S/C23H28F3N3O2/c1-15(24)12-13-31-20-7-5-6-18(14-20)23(3,21(30)29(4)16(2)27)17-8-10-19(11-9-17)28-22(25)26/h5-11,14-15,22,28H,2,12-13,27H2,1,3-4H3/t15?,23-/m1/s1. The first-order chi connectivity index (χ1) is 14.6. The van der Waals surface area contributed by atoms with Gasteiger partial charge in [-0.15, -0.1) is 0 Å². The van der Waals surface area contributed by atoms with Gasteiger partial charge in [0.2, 0.25) is 5.91 Å². The molecule has 0 aliphatic heterocycles. The molecular formula is C23H28F3N3O2. The average Bonchev–Trinajstić information content (AvgIpc) is 2.72. The highest BCUT2D eigenvalue weighted by Crippen LogP contribution is 2.36. The molecule has 1 amide bonds. The lowest BCUT2D eigenvalue weighted by molar-refractivity contribution is -0.132. The molecular weight excluding hydrogens is 407 g/mol. The number of nitrogens with one attached hydrogen (secondary N) is 1. The summed E-state index contributed by atoms with van der Waals surface area (Å²) in [7, 11) is 1.51. The second-order valence-electron chi connectivity index (χ2n) is 7.45. The highest BCUT2D eigenvalue weighted by molar-refractivity contribution is 5.92. The minimum absolute atomic E-state index is 0.0663. The molecule has 3 N–H and O–H groups in total. The van der Waals surface area contributed by atoms with E-state index in [1.807, 2.05) is 5.32 Å². The van der Waals surface area contributed by atoms with E-state index < -0.39 is 18.1 Å². The zero-order valence-corrected chi connectivity index (χ0v) is 17.9. The van der Waals surface area contributed by atoms with E-state index >= 15 is 0 Å². The lowest BCUT2D eigenvalue weighted by atomic mass is 9.75. The van der Waals surface area contributed by atoms with E-state index in [1.165, 1.54) is 31.0 Å². The van der Waals surface area contributed by atoms with Gasteiger partial charge in [-0.25, -0.2) is 4.39 Å². The van der Waals surface area contributed by atoms with Gasteiger partial charge in [-0.2, -0.15) is 8.78 Å². The maximum Gasteiger partial charge on any atom is 0.312 e. The number of carbonyl (C=O) groups is 1. The molecule has 1 unspecified atom stereocenters. The lowest BCUT2D eigenvalue weighted by Crippen LogP contribution is -2.45. The molecule has 0 aromatic heterocycles. The maximum absolute atomic E-state index is 13.4. The SMILES string of the molecule is C=C(N)N(C)C(=O)[C@](C)(c1ccc(NC(F)F)cc1)c1cccc(OCCC(C)F)c1. The van der Waals surface area contributed by atoms with Crippen molar-refractivity contribution in [1.29, 1.82) is 0 Å². The summed E-state index contributed by atoms with van der Waals surface area (Å²) in [4.78, 5) is 14.7. The number of hydrogen-bond donors (Lipinski definition) is 2. The summed E-state index contributed by atoms with van der Waals surface area (Å²) in [6.45, 7) is 4.29. The number of alkyl halides is 3. The molecule has 0 spiro atoms. The molecule has 168 valence electrons. The molecule has 2 aromatic carbocycles. The summed E-state index contributed by atoms with van der Waals surface area (Å²) in [5.74, 6) is 0.197. The number of nitrogens with zero attached hydrogens (tertiary/aromatic N) is 1. The van der Waals surface area contributed by atoms with E-state index in [2.05, 4.69) is 6.58 Å². The van der Waals surface area contributed by atoms with Crippen LogP contribution < -0.4 is 15.8 Å². The Morgan fingerprint density at radius 1 is 1.19 bits per heavy atom. The van der Waals surface area contributed by atoms with Crippen molar-refractivity contribution in [2.75, 3.05) is 19.0 Å². The van der Waals surface area contributed by atoms with Crippen LogP contribution in [-0.4, -0.2) is 37.2 Å². The number of ether oxygens (including phenoxy) is 1. The third-order valence-corrected chi connectivity index (χ3v) is 5.10. The van der Waals surface area contributed by atoms with E-state index in [-0.39, 0.29) is 30.4 Å². The number of hydrogen-bond acceptors (Lipinski definition) is 4. The second kappa shape index (κ2) is 10.2. The van der Waals surface area contributed by atoms with Crippen LogP contribution in [0.2, 0.25) is 0 Å². The molecule has 2 rings (SSSR count). The molecule has 0 aliphatic rings. The Morgan fingerprint density at radius 3 is 2.39 bits per heavy atom. The third kappa shape index (κ3) is 5.93. The molecule has 0 bridgehead atoms. The van der Waals surface area contributed by atoms with E-state index in [9.17, 15) is 18.0 Å². The van der Waals surface area contributed by atoms with Crippen LogP contribution in [0.5, 0.6) is 5.75 Å². The number of halogens is 3. The molecule has 0 saturated carbocycles. The van der Waals surface area contributed by atoms with Crippen LogP contribution in [0.1, 0.15) is 31.4 Å². The van der Waals surface area contributed by atoms with Crippen LogP contribution in [0.3, 0.4) is 0 Å². The summed E-state index contributed by atoms with van der Waals surface area (Å²) < 4.78 is 43.9. The smallest absolute Gasteiger partial charge is 0.312 e. The first kappa shape index (κ1) is 24.1. The Kier molecular flexibility index (Phi) is 7.96. The van der Waals surface area contributed by atoms with Gasteiger partial charge in [-0.3, -0.25) is 4.79 Å². The second-order valence-corrected chi connectivity index (χ2v) is 7.45. The van der Waals surface area contributed by atoms with Crippen LogP contribution in [-0.2, 0) is 10.2 Å². The van der Waals surface area contributed by atoms with Crippen LogP contribution in [0.4, 0.5) is 18.9 Å². The molecule has 0 radical (unpaired) electrons. The predicted molar refractivity (Wildman–Crippen MR) is 116 cm³/mol. The molecule has 0 fully saturated rings. The largest absolute Gasteiger partial charge is 0.493 e. The number of rotatable bonds is 10. The van der Waals surface area contributed by atoms with Gasteiger partial charge in [-0.05, 0) is 49.2 Å². The Balaban J connectivity index is 2.48. The van der Waals surface area contributed by atoms with Gasteiger partial charge in [0.05, 0.1) is 17.8 Å². The Morgan fingerprint density at radius 2 is 1.84 bits per heavy atom. The molecule has 8 heteroatoms. The van der Waals surface area contributed by atoms with Crippen LogP contribution in [0, 0.1) is 0 Å². The molecule has 0 saturated heterocycles. The molecule has 0 heterocycles. The van der Waals surface area contributed by atoms with Crippen LogP contribution in [0.25, 0.3) is 0 Å². The fraction of sp³-hybridized carbons (Fsp3) is 0.348. The third-order valence-electron chi connectivity index (χ3n) is 5.10. The van der Waals surface area contributed by atoms with Gasteiger partial charge in [0, 0.05) is 19.2 Å². The Labute approximate surface area is 180 Å². The van der Waals surface area contributed by atoms with Gasteiger partial charge in [-0.1, -0.05) is 30.8 Å². The summed E-state index contributed by atoms with van der Waals surface area (Å²) in [6.07, 6.45) is -0.742. The molecule has 0 aliphatic carbocycles. The number of likely N-dealkylation sites (N-methyl/N-ethyl adjacent to an activating group) is 1. The first-order valence-electron chi connectivity index (χ1n) is 9.81. The van der Waals surface area contributed by atoms with Gasteiger partial charge >= 0.3 is 6.55 Å². The summed E-state index contributed by atoms with van der Waals surface area (Å²) >= 11 is 0. The number of anilines is 1. The molecule has 31 heavy (non-hydrogen) atoms. The summed E-state index contributed by atoms with van der Waals surface area (Å²) in [6, 6.07) is 13.1. The minimum Gasteiger partial charge on any atom is -0.493 e. The van der Waals surface area contributed by atoms with Gasteiger partial charge in [0.1, 0.15) is 11.9 Å². The van der Waals surface area contributed by atoms with Crippen LogP contribution >= 0.6 is 0 Å². The van der Waals surface area contributed by atoms with E-state index in [0.717, 1.165) is 0 Å². The summed E-state index contributed by atoms with van der Waals surface area (Å²) in [5.41, 5.74) is 5.93. The predicted octanol–water partition coefficient (Wildman–Crippen LogP) is 4.64. The zero-order valence-electron chi connectivity index (χ0n) is 17.9. The van der Waals surface area contributed by atoms with Crippen molar-refractivity contribution in [2.45, 2.75) is 38.4 Å². The van der Waals surface area contributed by atoms with E-state index in [0.29, 0.717) is 16.9 Å². The maximum atomic E-state index is 13.4. The first-order valence-corrected chi connectivity index (χ1v) is 9.81. The molecule has 5 nitrogen and oxygen atoms in total. The van der Waals surface area contributed by atoms with E-state index in [1.54, 1.807) is 43.3 Å². The molecule has 2 atom stereocenters. The highest BCUT2D eigenvalue weighted by atomic mass is 19.3. The van der Waals surface area contributed by atoms with Gasteiger partial charge < -0.3 is 20.7 Å². The van der Waals surface area contributed by atoms with Crippen molar-refractivity contribution >= 4 is 11.6 Å². The average molecular weight is 435 g/mol. The summed E-state index contributed by atoms with van der Waals surface area (Å²) in [5, 5.41) is 2.02. The fourth-order valence-electron chi connectivity index (χ4n) is 3.14. The highest BCUT2D eigenvalue weighted by Gasteiger charge is 2.40. The quantitative estimate of drug-likeness (QED) is 0.534. The number of amides is 1. The minimum atomic E-state index is -2.70. The molecule has 2 aromatic rings. The van der Waals surface area contributed by atoms with Crippen LogP contribution in [0.15, 0.2) is 60.9 Å². The lowest BCUT2D eigenvalue weighted by Gasteiger charge is -2.34. The van der Waals surface area contributed by atoms with Crippen molar-refractivity contribution in [3.8, 4) is 5.75 Å². The number of carbonyl (C=O) groups excluding carboxylic acids is 1. The van der Waals surface area contributed by atoms with E-state index in [4.69, 9.17) is 10.5 Å². The number of nitrogens with two attached hydrogens (primary N) is 1. The van der Waals surface area contributed by atoms with Crippen molar-refractivity contribution in [2.24, 2.45) is 5.73 Å². The van der Waals surface area contributed by atoms with Gasteiger partial charge in [0.15, 0.2) is 0 Å². The number of benzene rings is 2. The normalized spacial score (nSPS) is 13.9. The van der Waals surface area contributed by atoms with Crippen molar-refractivity contribution in [3.63, 3.8) is 0 Å². The monoisotopic (exact) mass is 435 g/mol. The van der Waals surface area contributed by atoms with Crippen molar-refractivity contribution in [3.05, 3.63) is 72.1 Å². The van der Waals surface area contributed by atoms with Crippen molar-refractivity contribution < 1.29 is 22.7 Å².